The van der Waals surface area contributed by atoms with Crippen molar-refractivity contribution < 1.29 is 9.59 Å². The predicted molar refractivity (Wildman–Crippen MR) is 80.5 cm³/mol. The number of halogens is 2. The van der Waals surface area contributed by atoms with E-state index < -0.39 is 0 Å². The Kier molecular flexibility index (Phi) is 4.86. The van der Waals surface area contributed by atoms with E-state index in [1.807, 2.05) is 0 Å². The molecule has 1 fully saturated rings. The third kappa shape index (κ3) is 3.70. The quantitative estimate of drug-likeness (QED) is 0.828. The second-order valence-electron chi connectivity index (χ2n) is 4.34. The lowest BCUT2D eigenvalue weighted by Gasteiger charge is -2.17. The zero-order chi connectivity index (χ0) is 14.0. The molecular formula is C12H12BrClN2O2S. The normalized spacial score (nSPS) is 19.0. The molecule has 1 aliphatic rings. The largest absolute Gasteiger partial charge is 0.296 e. The summed E-state index contributed by atoms with van der Waals surface area (Å²) in [6.07, 6.45) is 1.98. The van der Waals surface area contributed by atoms with Crippen molar-refractivity contribution in [1.82, 2.24) is 4.98 Å². The monoisotopic (exact) mass is 362 g/mol. The Morgan fingerprint density at radius 1 is 1.68 bits per heavy atom. The van der Waals surface area contributed by atoms with Crippen LogP contribution < -0.4 is 4.90 Å². The van der Waals surface area contributed by atoms with Crippen molar-refractivity contribution in [3.63, 3.8) is 0 Å². The molecule has 1 aromatic heterocycles. The Hall–Kier alpha value is -0.590. The number of hydrogen-bond donors (Lipinski definition) is 0. The van der Waals surface area contributed by atoms with Crippen LogP contribution in [0.2, 0.25) is 5.02 Å². The van der Waals surface area contributed by atoms with Crippen molar-refractivity contribution >= 4 is 56.1 Å². The highest BCUT2D eigenvalue weighted by Gasteiger charge is 2.32. The number of aromatic nitrogens is 1. The lowest BCUT2D eigenvalue weighted by atomic mass is 10.1. The third-order valence-electron chi connectivity index (χ3n) is 2.77. The van der Waals surface area contributed by atoms with Crippen LogP contribution in [0.25, 0.3) is 0 Å². The summed E-state index contributed by atoms with van der Waals surface area (Å²) < 4.78 is 0.702. The van der Waals surface area contributed by atoms with Gasteiger partial charge in [0.05, 0.1) is 9.50 Å². The molecule has 0 spiro atoms. The zero-order valence-corrected chi connectivity index (χ0v) is 13.4. The van der Waals surface area contributed by atoms with Crippen LogP contribution in [0.5, 0.6) is 0 Å². The van der Waals surface area contributed by atoms with Crippen LogP contribution >= 0.6 is 39.3 Å². The van der Waals surface area contributed by atoms with Crippen LogP contribution in [0.3, 0.4) is 0 Å². The lowest BCUT2D eigenvalue weighted by Crippen LogP contribution is -2.26. The number of thioether (sulfide) groups is 1. The molecule has 102 valence electrons. The van der Waals surface area contributed by atoms with E-state index in [-0.39, 0.29) is 16.9 Å². The Labute approximate surface area is 129 Å². The average Bonchev–Trinajstić information content (AvgIpc) is 2.68. The first-order valence-corrected chi connectivity index (χ1v) is 7.88. The SMILES string of the molecule is CC(=O)SCC1CC(=O)N(c2ncc(Cl)cc2Br)C1. The highest BCUT2D eigenvalue weighted by Crippen LogP contribution is 2.32. The molecule has 1 amide bonds. The maximum atomic E-state index is 12.0. The van der Waals surface area contributed by atoms with Crippen LogP contribution in [-0.2, 0) is 9.59 Å². The number of carbonyl (C=O) groups is 2. The van der Waals surface area contributed by atoms with E-state index in [2.05, 4.69) is 20.9 Å². The fourth-order valence-electron chi connectivity index (χ4n) is 1.94. The Morgan fingerprint density at radius 2 is 2.42 bits per heavy atom. The van der Waals surface area contributed by atoms with E-state index in [1.54, 1.807) is 11.0 Å². The van der Waals surface area contributed by atoms with Crippen LogP contribution in [-0.4, -0.2) is 28.3 Å². The highest BCUT2D eigenvalue weighted by molar-refractivity contribution is 9.10. The predicted octanol–water partition coefficient (Wildman–Crippen LogP) is 3.13. The second-order valence-corrected chi connectivity index (χ2v) is 6.82. The number of nitrogens with zero attached hydrogens (tertiary/aromatic N) is 2. The fourth-order valence-corrected chi connectivity index (χ4v) is 3.49. The average molecular weight is 364 g/mol. The van der Waals surface area contributed by atoms with Gasteiger partial charge in [0.1, 0.15) is 5.82 Å². The van der Waals surface area contributed by atoms with Gasteiger partial charge in [-0.3, -0.25) is 14.5 Å². The summed E-state index contributed by atoms with van der Waals surface area (Å²) in [5.74, 6) is 1.48. The summed E-state index contributed by atoms with van der Waals surface area (Å²) in [6, 6.07) is 1.72. The van der Waals surface area contributed by atoms with Gasteiger partial charge in [0, 0.05) is 31.8 Å². The maximum Gasteiger partial charge on any atom is 0.228 e. The highest BCUT2D eigenvalue weighted by atomic mass is 79.9. The molecule has 0 saturated carbocycles. The third-order valence-corrected chi connectivity index (χ3v) is 4.61. The second kappa shape index (κ2) is 6.24. The van der Waals surface area contributed by atoms with Crippen LogP contribution in [0, 0.1) is 5.92 Å². The van der Waals surface area contributed by atoms with Gasteiger partial charge in [-0.25, -0.2) is 4.98 Å². The van der Waals surface area contributed by atoms with Crippen LogP contribution in [0.4, 0.5) is 5.82 Å². The summed E-state index contributed by atoms with van der Waals surface area (Å²) in [6.45, 7) is 2.13. The smallest absolute Gasteiger partial charge is 0.228 e. The van der Waals surface area contributed by atoms with Crippen molar-refractivity contribution in [3.05, 3.63) is 21.8 Å². The minimum atomic E-state index is 0.0321. The minimum Gasteiger partial charge on any atom is -0.296 e. The lowest BCUT2D eigenvalue weighted by molar-refractivity contribution is -0.117. The van der Waals surface area contributed by atoms with E-state index in [4.69, 9.17) is 11.6 Å². The molecule has 1 aliphatic heterocycles. The van der Waals surface area contributed by atoms with Gasteiger partial charge in [-0.2, -0.15) is 0 Å². The van der Waals surface area contributed by atoms with Crippen molar-refractivity contribution in [2.45, 2.75) is 13.3 Å². The summed E-state index contributed by atoms with van der Waals surface area (Å²) in [4.78, 5) is 28.8. The summed E-state index contributed by atoms with van der Waals surface area (Å²) in [5, 5.41) is 0.600. The number of rotatable bonds is 3. The molecule has 19 heavy (non-hydrogen) atoms. The van der Waals surface area contributed by atoms with Gasteiger partial charge in [-0.15, -0.1) is 0 Å². The minimum absolute atomic E-state index is 0.0321. The van der Waals surface area contributed by atoms with Gasteiger partial charge in [0.2, 0.25) is 5.91 Å². The number of hydrogen-bond acceptors (Lipinski definition) is 4. The molecule has 0 aromatic carbocycles. The van der Waals surface area contributed by atoms with E-state index in [0.29, 0.717) is 34.0 Å². The summed E-state index contributed by atoms with van der Waals surface area (Å²) >= 11 is 10.5. The first kappa shape index (κ1) is 14.8. The van der Waals surface area contributed by atoms with E-state index in [9.17, 15) is 9.59 Å². The first-order chi connectivity index (χ1) is 8.97. The van der Waals surface area contributed by atoms with Gasteiger partial charge in [-0.05, 0) is 27.9 Å². The first-order valence-electron chi connectivity index (χ1n) is 5.72. The molecule has 2 heterocycles. The molecule has 0 radical (unpaired) electrons. The molecule has 1 saturated heterocycles. The van der Waals surface area contributed by atoms with E-state index >= 15 is 0 Å². The van der Waals surface area contributed by atoms with E-state index in [1.165, 1.54) is 24.9 Å². The van der Waals surface area contributed by atoms with Gasteiger partial charge in [0.25, 0.3) is 0 Å². The molecule has 2 rings (SSSR count). The Morgan fingerprint density at radius 3 is 3.05 bits per heavy atom. The Bertz CT molecular complexity index is 526. The molecule has 0 aliphatic carbocycles. The molecular weight excluding hydrogens is 352 g/mol. The van der Waals surface area contributed by atoms with Gasteiger partial charge in [0.15, 0.2) is 5.12 Å². The fraction of sp³-hybridized carbons (Fsp3) is 0.417. The maximum absolute atomic E-state index is 12.0. The molecule has 1 atom stereocenters. The van der Waals surface area contributed by atoms with Gasteiger partial charge in [-0.1, -0.05) is 23.4 Å². The van der Waals surface area contributed by atoms with Crippen molar-refractivity contribution in [3.8, 4) is 0 Å². The summed E-state index contributed by atoms with van der Waals surface area (Å²) in [7, 11) is 0. The molecule has 0 N–H and O–H groups in total. The molecule has 0 bridgehead atoms. The number of amides is 1. The van der Waals surface area contributed by atoms with Crippen molar-refractivity contribution in [2.75, 3.05) is 17.2 Å². The molecule has 1 aromatic rings. The summed E-state index contributed by atoms with van der Waals surface area (Å²) in [5.41, 5.74) is 0. The van der Waals surface area contributed by atoms with Crippen LogP contribution in [0.1, 0.15) is 13.3 Å². The Balaban J connectivity index is 2.09. The topological polar surface area (TPSA) is 50.3 Å². The van der Waals surface area contributed by atoms with Gasteiger partial charge < -0.3 is 0 Å². The molecule has 4 nitrogen and oxygen atoms in total. The van der Waals surface area contributed by atoms with Crippen molar-refractivity contribution in [1.29, 1.82) is 0 Å². The van der Waals surface area contributed by atoms with Crippen molar-refractivity contribution in [2.24, 2.45) is 5.92 Å². The van der Waals surface area contributed by atoms with Crippen LogP contribution in [0.15, 0.2) is 16.7 Å². The standard InChI is InChI=1S/C12H12BrClN2O2S/c1-7(17)19-6-8-2-11(18)16(5-8)12-10(13)3-9(14)4-15-12/h3-4,8H,2,5-6H2,1H3. The number of pyridine rings is 1. The van der Waals surface area contributed by atoms with Gasteiger partial charge >= 0.3 is 0 Å². The van der Waals surface area contributed by atoms with E-state index in [0.717, 1.165) is 0 Å². The zero-order valence-electron chi connectivity index (χ0n) is 10.2. The number of anilines is 1. The number of carbonyl (C=O) groups excluding carboxylic acids is 2. The molecule has 7 heteroatoms. The molecule has 1 unspecified atom stereocenters.